The minimum atomic E-state index is -3.35. The number of aliphatic hydroxyl groups excluding tert-OH is 1. The molecule has 1 atom stereocenters. The van der Waals surface area contributed by atoms with Crippen molar-refractivity contribution in [3.63, 3.8) is 0 Å². The summed E-state index contributed by atoms with van der Waals surface area (Å²) in [6.07, 6.45) is 3.03. The SMILES string of the molecule is CS(=O)(=O)Nc1cccc(-c2ccc3c(N4CCC[C@H]4CO)nc(Cl)nc3c2)c1. The first-order valence-corrected chi connectivity index (χ1v) is 11.5. The lowest BCUT2D eigenvalue weighted by molar-refractivity contribution is 0.266. The molecule has 0 spiro atoms. The van der Waals surface area contributed by atoms with Crippen LogP contribution in [0.15, 0.2) is 42.5 Å². The van der Waals surface area contributed by atoms with E-state index >= 15 is 0 Å². The summed E-state index contributed by atoms with van der Waals surface area (Å²) in [5, 5.41) is 10.7. The molecule has 7 nitrogen and oxygen atoms in total. The highest BCUT2D eigenvalue weighted by atomic mass is 35.5. The van der Waals surface area contributed by atoms with Gasteiger partial charge in [0.25, 0.3) is 0 Å². The Bertz CT molecular complexity index is 1170. The lowest BCUT2D eigenvalue weighted by Gasteiger charge is -2.25. The van der Waals surface area contributed by atoms with Crippen molar-refractivity contribution in [2.24, 2.45) is 0 Å². The van der Waals surface area contributed by atoms with Gasteiger partial charge < -0.3 is 10.0 Å². The lowest BCUT2D eigenvalue weighted by Crippen LogP contribution is -2.33. The molecule has 0 saturated carbocycles. The van der Waals surface area contributed by atoms with Gasteiger partial charge in [-0.1, -0.05) is 18.2 Å². The van der Waals surface area contributed by atoms with E-state index in [0.29, 0.717) is 11.2 Å². The summed E-state index contributed by atoms with van der Waals surface area (Å²) in [6.45, 7) is 0.885. The van der Waals surface area contributed by atoms with Gasteiger partial charge in [-0.05, 0) is 59.8 Å². The number of rotatable bonds is 5. The van der Waals surface area contributed by atoms with Crippen LogP contribution in [0.3, 0.4) is 0 Å². The van der Waals surface area contributed by atoms with Gasteiger partial charge >= 0.3 is 0 Å². The van der Waals surface area contributed by atoms with E-state index in [0.717, 1.165) is 48.0 Å². The molecule has 9 heteroatoms. The Morgan fingerprint density at radius 1 is 1.21 bits per heavy atom. The number of nitrogens with one attached hydrogen (secondary N) is 1. The molecule has 0 amide bonds. The Morgan fingerprint density at radius 3 is 2.76 bits per heavy atom. The molecule has 2 aromatic carbocycles. The number of halogens is 1. The summed E-state index contributed by atoms with van der Waals surface area (Å²) < 4.78 is 25.5. The smallest absolute Gasteiger partial charge is 0.229 e. The number of hydrogen-bond acceptors (Lipinski definition) is 6. The van der Waals surface area contributed by atoms with E-state index < -0.39 is 10.0 Å². The topological polar surface area (TPSA) is 95.4 Å². The number of benzene rings is 2. The van der Waals surface area contributed by atoms with Gasteiger partial charge in [0, 0.05) is 17.6 Å². The third-order valence-corrected chi connectivity index (χ3v) is 5.78. The largest absolute Gasteiger partial charge is 0.394 e. The highest BCUT2D eigenvalue weighted by molar-refractivity contribution is 7.92. The highest BCUT2D eigenvalue weighted by Crippen LogP contribution is 2.33. The van der Waals surface area contributed by atoms with Crippen molar-refractivity contribution in [3.05, 3.63) is 47.7 Å². The molecule has 0 radical (unpaired) electrons. The van der Waals surface area contributed by atoms with Crippen LogP contribution in [0.25, 0.3) is 22.0 Å². The molecule has 29 heavy (non-hydrogen) atoms. The molecule has 0 unspecified atom stereocenters. The first-order chi connectivity index (χ1) is 13.8. The van der Waals surface area contributed by atoms with E-state index in [1.54, 1.807) is 18.2 Å². The zero-order valence-electron chi connectivity index (χ0n) is 15.8. The molecule has 152 valence electrons. The van der Waals surface area contributed by atoms with Crippen LogP contribution in [-0.2, 0) is 10.0 Å². The van der Waals surface area contributed by atoms with Gasteiger partial charge in [0.15, 0.2) is 0 Å². The molecule has 1 aliphatic rings. The van der Waals surface area contributed by atoms with E-state index in [1.165, 1.54) is 0 Å². The fraction of sp³-hybridized carbons (Fsp3) is 0.300. The molecule has 3 aromatic rings. The van der Waals surface area contributed by atoms with Crippen LogP contribution in [0.2, 0.25) is 5.28 Å². The Morgan fingerprint density at radius 2 is 2.00 bits per heavy atom. The van der Waals surface area contributed by atoms with Crippen molar-refractivity contribution in [2.75, 3.05) is 29.0 Å². The van der Waals surface area contributed by atoms with Crippen LogP contribution >= 0.6 is 11.6 Å². The standard InChI is InChI=1S/C20H21ClN4O3S/c1-29(27,28)24-15-5-2-4-13(10-15)14-7-8-17-18(11-14)22-20(21)23-19(17)25-9-3-6-16(25)12-26/h2,4-5,7-8,10-11,16,24,26H,3,6,9,12H2,1H3/t16-/m0/s1. The van der Waals surface area contributed by atoms with Crippen LogP contribution in [0, 0.1) is 0 Å². The van der Waals surface area contributed by atoms with E-state index in [9.17, 15) is 13.5 Å². The molecule has 2 N–H and O–H groups in total. The predicted octanol–water partition coefficient (Wildman–Crippen LogP) is 3.28. The number of sulfonamides is 1. The second-order valence-corrected chi connectivity index (χ2v) is 9.26. The predicted molar refractivity (Wildman–Crippen MR) is 116 cm³/mol. The van der Waals surface area contributed by atoms with E-state index in [-0.39, 0.29) is 17.9 Å². The summed E-state index contributed by atoms with van der Waals surface area (Å²) >= 11 is 6.20. The molecular formula is C20H21ClN4O3S. The monoisotopic (exact) mass is 432 g/mol. The maximum Gasteiger partial charge on any atom is 0.229 e. The number of anilines is 2. The van der Waals surface area contributed by atoms with Crippen molar-refractivity contribution in [2.45, 2.75) is 18.9 Å². The number of aromatic nitrogens is 2. The van der Waals surface area contributed by atoms with Crippen LogP contribution in [0.5, 0.6) is 0 Å². The number of nitrogens with zero attached hydrogens (tertiary/aromatic N) is 3. The average Bonchev–Trinajstić information content (AvgIpc) is 3.14. The Hall–Kier alpha value is -2.42. The van der Waals surface area contributed by atoms with Gasteiger partial charge in [0.1, 0.15) is 5.82 Å². The maximum atomic E-state index is 11.5. The number of aliphatic hydroxyl groups is 1. The second-order valence-electron chi connectivity index (χ2n) is 7.18. The fourth-order valence-electron chi connectivity index (χ4n) is 3.76. The van der Waals surface area contributed by atoms with Crippen LogP contribution < -0.4 is 9.62 Å². The van der Waals surface area contributed by atoms with Crippen LogP contribution in [-0.4, -0.2) is 48.9 Å². The van der Waals surface area contributed by atoms with Crippen molar-refractivity contribution in [1.29, 1.82) is 0 Å². The highest BCUT2D eigenvalue weighted by Gasteiger charge is 2.27. The normalized spacial score (nSPS) is 17.1. The van der Waals surface area contributed by atoms with Gasteiger partial charge in [-0.15, -0.1) is 0 Å². The fourth-order valence-corrected chi connectivity index (χ4v) is 4.49. The number of hydrogen-bond donors (Lipinski definition) is 2. The van der Waals surface area contributed by atoms with Gasteiger partial charge in [-0.25, -0.2) is 13.4 Å². The van der Waals surface area contributed by atoms with Crippen molar-refractivity contribution in [3.8, 4) is 11.1 Å². The molecule has 4 rings (SSSR count). The maximum absolute atomic E-state index is 11.5. The van der Waals surface area contributed by atoms with E-state index in [1.807, 2.05) is 24.3 Å². The van der Waals surface area contributed by atoms with Crippen LogP contribution in [0.4, 0.5) is 11.5 Å². The van der Waals surface area contributed by atoms with E-state index in [2.05, 4.69) is 19.6 Å². The molecule has 1 aliphatic heterocycles. The summed E-state index contributed by atoms with van der Waals surface area (Å²) in [5.74, 6) is 0.732. The average molecular weight is 433 g/mol. The minimum Gasteiger partial charge on any atom is -0.394 e. The molecule has 0 bridgehead atoms. The van der Waals surface area contributed by atoms with E-state index in [4.69, 9.17) is 11.6 Å². The van der Waals surface area contributed by atoms with Crippen LogP contribution in [0.1, 0.15) is 12.8 Å². The van der Waals surface area contributed by atoms with Crippen molar-refractivity contribution < 1.29 is 13.5 Å². The molecule has 1 saturated heterocycles. The minimum absolute atomic E-state index is 0.0302. The van der Waals surface area contributed by atoms with Gasteiger partial charge in [0.05, 0.1) is 24.4 Å². The summed E-state index contributed by atoms with van der Waals surface area (Å²) in [5.41, 5.74) is 2.93. The van der Waals surface area contributed by atoms with Gasteiger partial charge in [-0.3, -0.25) is 4.72 Å². The second kappa shape index (κ2) is 7.78. The molecule has 1 fully saturated rings. The quantitative estimate of drug-likeness (QED) is 0.601. The van der Waals surface area contributed by atoms with Crippen molar-refractivity contribution in [1.82, 2.24) is 9.97 Å². The first kappa shape index (κ1) is 19.9. The third-order valence-electron chi connectivity index (χ3n) is 5.01. The van der Waals surface area contributed by atoms with Crippen molar-refractivity contribution >= 4 is 44.0 Å². The summed E-state index contributed by atoms with van der Waals surface area (Å²) in [6, 6.07) is 13.0. The molecule has 0 aliphatic carbocycles. The Labute approximate surface area is 174 Å². The van der Waals surface area contributed by atoms with Gasteiger partial charge in [0.2, 0.25) is 15.3 Å². The Kier molecular flexibility index (Phi) is 5.33. The van der Waals surface area contributed by atoms with Gasteiger partial charge in [-0.2, -0.15) is 4.98 Å². The number of fused-ring (bicyclic) bond motifs is 1. The molecular weight excluding hydrogens is 412 g/mol. The molecule has 1 aromatic heterocycles. The molecule has 2 heterocycles. The summed E-state index contributed by atoms with van der Waals surface area (Å²) in [4.78, 5) is 10.9. The first-order valence-electron chi connectivity index (χ1n) is 9.27. The lowest BCUT2D eigenvalue weighted by atomic mass is 10.0. The Balaban J connectivity index is 1.77. The third kappa shape index (κ3) is 4.29. The zero-order chi connectivity index (χ0) is 20.6. The summed E-state index contributed by atoms with van der Waals surface area (Å²) in [7, 11) is -3.35. The zero-order valence-corrected chi connectivity index (χ0v) is 17.4.